The van der Waals surface area contributed by atoms with Crippen molar-refractivity contribution in [2.45, 2.75) is 37.0 Å². The van der Waals surface area contributed by atoms with Crippen LogP contribution in [0.3, 0.4) is 0 Å². The molecule has 2 aliphatic rings. The monoisotopic (exact) mass is 381 g/mol. The molecule has 2 aliphatic heterocycles. The van der Waals surface area contributed by atoms with Gasteiger partial charge in [0.1, 0.15) is 0 Å². The Kier molecular flexibility index (Phi) is 4.43. The number of β-amino-alcohol motifs (C(OH)–C–C–N with tert-alkyl or cyclic N) is 1. The van der Waals surface area contributed by atoms with Gasteiger partial charge in [0.2, 0.25) is 0 Å². The van der Waals surface area contributed by atoms with E-state index in [0.29, 0.717) is 11.5 Å². The summed E-state index contributed by atoms with van der Waals surface area (Å²) < 4.78 is 39.0. The second-order valence-corrected chi connectivity index (χ2v) is 7.53. The number of aromatic nitrogens is 1. The number of nitrogens with one attached hydrogen (secondary N) is 2. The SMILES string of the molecule is O=C(c1ccc2[nH]cc(C3CCNCC3)c2c1)N1CCC(O)(C(F)(F)F)C1. The average Bonchev–Trinajstić information content (AvgIpc) is 3.25. The predicted octanol–water partition coefficient (Wildman–Crippen LogP) is 2.77. The Balaban J connectivity index is 1.59. The fourth-order valence-electron chi connectivity index (χ4n) is 4.13. The van der Waals surface area contributed by atoms with E-state index in [1.54, 1.807) is 18.2 Å². The first-order chi connectivity index (χ1) is 12.8. The van der Waals surface area contributed by atoms with Crippen LogP contribution in [0.25, 0.3) is 10.9 Å². The highest BCUT2D eigenvalue weighted by Gasteiger charge is 2.57. The second-order valence-electron chi connectivity index (χ2n) is 7.53. The van der Waals surface area contributed by atoms with Crippen molar-refractivity contribution >= 4 is 16.8 Å². The van der Waals surface area contributed by atoms with Crippen molar-refractivity contribution in [3.8, 4) is 0 Å². The second kappa shape index (κ2) is 6.53. The van der Waals surface area contributed by atoms with Crippen molar-refractivity contribution in [2.75, 3.05) is 26.2 Å². The van der Waals surface area contributed by atoms with Gasteiger partial charge in [-0.2, -0.15) is 13.2 Å². The van der Waals surface area contributed by atoms with E-state index >= 15 is 0 Å². The minimum atomic E-state index is -4.74. The zero-order valence-electron chi connectivity index (χ0n) is 14.8. The molecule has 1 atom stereocenters. The van der Waals surface area contributed by atoms with Crippen LogP contribution in [0.4, 0.5) is 13.2 Å². The van der Waals surface area contributed by atoms with E-state index in [1.165, 1.54) is 0 Å². The normalized spacial score (nSPS) is 24.7. The summed E-state index contributed by atoms with van der Waals surface area (Å²) in [5.74, 6) is -0.0815. The van der Waals surface area contributed by atoms with Crippen LogP contribution in [0.1, 0.15) is 41.1 Å². The number of carbonyl (C=O) groups excluding carboxylic acids is 1. The van der Waals surface area contributed by atoms with Gasteiger partial charge in [-0.25, -0.2) is 0 Å². The average molecular weight is 381 g/mol. The Morgan fingerprint density at radius 2 is 2.00 bits per heavy atom. The molecule has 1 aromatic carbocycles. The van der Waals surface area contributed by atoms with E-state index in [-0.39, 0.29) is 6.54 Å². The maximum absolute atomic E-state index is 13.0. The smallest absolute Gasteiger partial charge is 0.379 e. The molecule has 8 heteroatoms. The number of aromatic amines is 1. The highest BCUT2D eigenvalue weighted by molar-refractivity contribution is 5.99. The molecule has 0 spiro atoms. The molecule has 0 radical (unpaired) electrons. The molecule has 3 heterocycles. The lowest BCUT2D eigenvalue weighted by Gasteiger charge is -2.26. The van der Waals surface area contributed by atoms with E-state index in [2.05, 4.69) is 10.3 Å². The third-order valence-corrected chi connectivity index (χ3v) is 5.80. The van der Waals surface area contributed by atoms with Gasteiger partial charge in [-0.05, 0) is 55.6 Å². The van der Waals surface area contributed by atoms with Gasteiger partial charge in [0.15, 0.2) is 5.60 Å². The summed E-state index contributed by atoms with van der Waals surface area (Å²) in [7, 11) is 0. The first-order valence-corrected chi connectivity index (χ1v) is 9.19. The van der Waals surface area contributed by atoms with Crippen LogP contribution in [0.15, 0.2) is 24.4 Å². The van der Waals surface area contributed by atoms with Gasteiger partial charge in [0.05, 0.1) is 6.54 Å². The van der Waals surface area contributed by atoms with Crippen LogP contribution < -0.4 is 5.32 Å². The number of nitrogens with zero attached hydrogens (tertiary/aromatic N) is 1. The third kappa shape index (κ3) is 3.21. The van der Waals surface area contributed by atoms with Crippen molar-refractivity contribution in [1.82, 2.24) is 15.2 Å². The molecule has 2 aromatic rings. The standard InChI is InChI=1S/C19H22F3N3O2/c20-19(21,22)18(27)5-8-25(11-18)17(26)13-1-2-16-14(9-13)15(10-24-16)12-3-6-23-7-4-12/h1-2,9-10,12,23-24,27H,3-8,11H2. The summed E-state index contributed by atoms with van der Waals surface area (Å²) in [5, 5.41) is 14.1. The number of hydrogen-bond donors (Lipinski definition) is 3. The molecule has 0 bridgehead atoms. The molecule has 5 nitrogen and oxygen atoms in total. The van der Waals surface area contributed by atoms with Crippen molar-refractivity contribution in [2.24, 2.45) is 0 Å². The van der Waals surface area contributed by atoms with E-state index in [4.69, 9.17) is 0 Å². The highest BCUT2D eigenvalue weighted by atomic mass is 19.4. The molecule has 3 N–H and O–H groups in total. The topological polar surface area (TPSA) is 68.4 Å². The fraction of sp³-hybridized carbons (Fsp3) is 0.526. The van der Waals surface area contributed by atoms with Gasteiger partial charge in [-0.3, -0.25) is 4.79 Å². The van der Waals surface area contributed by atoms with Crippen LogP contribution in [-0.4, -0.2) is 58.9 Å². The summed E-state index contributed by atoms with van der Waals surface area (Å²) in [6, 6.07) is 5.17. The maximum atomic E-state index is 13.0. The molecule has 27 heavy (non-hydrogen) atoms. The van der Waals surface area contributed by atoms with Gasteiger partial charge in [-0.1, -0.05) is 0 Å². The number of amides is 1. The van der Waals surface area contributed by atoms with Crippen molar-refractivity contribution < 1.29 is 23.1 Å². The Hall–Kier alpha value is -2.06. The number of carbonyl (C=O) groups is 1. The Morgan fingerprint density at radius 1 is 1.26 bits per heavy atom. The number of rotatable bonds is 2. The molecule has 1 aromatic heterocycles. The van der Waals surface area contributed by atoms with Crippen molar-refractivity contribution in [3.63, 3.8) is 0 Å². The Morgan fingerprint density at radius 3 is 2.67 bits per heavy atom. The van der Waals surface area contributed by atoms with E-state index in [9.17, 15) is 23.1 Å². The first-order valence-electron chi connectivity index (χ1n) is 9.19. The number of alkyl halides is 3. The van der Waals surface area contributed by atoms with Crippen molar-refractivity contribution in [3.05, 3.63) is 35.5 Å². The Bertz CT molecular complexity index is 857. The number of H-pyrrole nitrogens is 1. The van der Waals surface area contributed by atoms with Crippen LogP contribution in [0.2, 0.25) is 0 Å². The lowest BCUT2D eigenvalue weighted by Crippen LogP contribution is -2.48. The van der Waals surface area contributed by atoms with Gasteiger partial charge >= 0.3 is 6.18 Å². The van der Waals surface area contributed by atoms with Gasteiger partial charge in [0.25, 0.3) is 5.91 Å². The first kappa shape index (κ1) is 18.3. The van der Waals surface area contributed by atoms with Crippen LogP contribution in [0.5, 0.6) is 0 Å². The maximum Gasteiger partial charge on any atom is 0.419 e. The lowest BCUT2D eigenvalue weighted by atomic mass is 9.89. The number of piperidine rings is 1. The number of halogens is 3. The third-order valence-electron chi connectivity index (χ3n) is 5.80. The molecule has 1 unspecified atom stereocenters. The van der Waals surface area contributed by atoms with Gasteiger partial charge < -0.3 is 20.3 Å². The van der Waals surface area contributed by atoms with Gasteiger partial charge in [-0.15, -0.1) is 0 Å². The van der Waals surface area contributed by atoms with E-state index in [0.717, 1.165) is 47.3 Å². The number of fused-ring (bicyclic) bond motifs is 1. The van der Waals surface area contributed by atoms with Gasteiger partial charge in [0, 0.05) is 35.6 Å². The predicted molar refractivity (Wildman–Crippen MR) is 94.7 cm³/mol. The van der Waals surface area contributed by atoms with E-state index < -0.39 is 30.7 Å². The number of likely N-dealkylation sites (tertiary alicyclic amines) is 1. The largest absolute Gasteiger partial charge is 0.419 e. The number of aliphatic hydroxyl groups is 1. The van der Waals surface area contributed by atoms with Crippen LogP contribution >= 0.6 is 0 Å². The molecule has 4 rings (SSSR count). The van der Waals surface area contributed by atoms with Crippen LogP contribution in [0, 0.1) is 0 Å². The molecule has 1 amide bonds. The van der Waals surface area contributed by atoms with E-state index in [1.807, 2.05) is 6.20 Å². The van der Waals surface area contributed by atoms with Crippen LogP contribution in [-0.2, 0) is 0 Å². The fourth-order valence-corrected chi connectivity index (χ4v) is 4.13. The molecule has 2 fully saturated rings. The molecule has 0 saturated carbocycles. The molecule has 146 valence electrons. The quantitative estimate of drug-likeness (QED) is 0.749. The summed E-state index contributed by atoms with van der Waals surface area (Å²) in [4.78, 5) is 17.1. The minimum absolute atomic E-state index is 0.110. The summed E-state index contributed by atoms with van der Waals surface area (Å²) >= 11 is 0. The van der Waals surface area contributed by atoms with Crippen molar-refractivity contribution in [1.29, 1.82) is 0 Å². The summed E-state index contributed by atoms with van der Waals surface area (Å²) in [6.45, 7) is 1.06. The lowest BCUT2D eigenvalue weighted by molar-refractivity contribution is -0.253. The molecular formula is C19H22F3N3O2. The molecule has 2 saturated heterocycles. The minimum Gasteiger partial charge on any atom is -0.379 e. The number of benzene rings is 1. The zero-order valence-corrected chi connectivity index (χ0v) is 14.8. The zero-order chi connectivity index (χ0) is 19.2. The molecular weight excluding hydrogens is 359 g/mol. The Labute approximate surface area is 154 Å². The molecule has 0 aliphatic carbocycles. The number of hydrogen-bond acceptors (Lipinski definition) is 3. The highest BCUT2D eigenvalue weighted by Crippen LogP contribution is 2.38. The summed E-state index contributed by atoms with van der Waals surface area (Å²) in [6.07, 6.45) is -1.25. The summed E-state index contributed by atoms with van der Waals surface area (Å²) in [5.41, 5.74) is -0.410.